The highest BCUT2D eigenvalue weighted by molar-refractivity contribution is 5.79. The molecule has 0 amide bonds. The van der Waals surface area contributed by atoms with E-state index >= 15 is 0 Å². The number of rotatable bonds is 4. The van der Waals surface area contributed by atoms with Gasteiger partial charge in [-0.1, -0.05) is 114 Å². The van der Waals surface area contributed by atoms with E-state index in [4.69, 9.17) is 0 Å². The van der Waals surface area contributed by atoms with Crippen molar-refractivity contribution < 1.29 is 0 Å². The normalized spacial score (nSPS) is 10.9. The summed E-state index contributed by atoms with van der Waals surface area (Å²) >= 11 is 0. The smallest absolute Gasteiger partial charge is 0.0178 e. The van der Waals surface area contributed by atoms with Crippen molar-refractivity contribution in [2.45, 2.75) is 20.8 Å². The van der Waals surface area contributed by atoms with Crippen LogP contribution in [0.3, 0.4) is 0 Å². The van der Waals surface area contributed by atoms with Crippen molar-refractivity contribution in [3.05, 3.63) is 132 Å². The molecule has 0 N–H and O–H groups in total. The first kappa shape index (κ1) is 21.0. The second-order valence-corrected chi connectivity index (χ2v) is 8.98. The average molecular weight is 425 g/mol. The van der Waals surface area contributed by atoms with Crippen molar-refractivity contribution in [1.29, 1.82) is 0 Å². The van der Waals surface area contributed by atoms with Gasteiger partial charge in [-0.15, -0.1) is 0 Å². The van der Waals surface area contributed by atoms with Gasteiger partial charge < -0.3 is 0 Å². The number of aryl methyl sites for hydroxylation is 3. The summed E-state index contributed by atoms with van der Waals surface area (Å²) in [4.78, 5) is 0. The first-order valence-electron chi connectivity index (χ1n) is 11.5. The predicted octanol–water partition coefficient (Wildman–Crippen LogP) is 9.28. The predicted molar refractivity (Wildman–Crippen MR) is 142 cm³/mol. The van der Waals surface area contributed by atoms with Crippen molar-refractivity contribution in [2.24, 2.45) is 0 Å². The van der Waals surface area contributed by atoms with Crippen LogP contribution in [0.15, 0.2) is 115 Å². The summed E-state index contributed by atoms with van der Waals surface area (Å²) in [6, 6.07) is 42.0. The molecule has 0 saturated heterocycles. The van der Waals surface area contributed by atoms with Gasteiger partial charge >= 0.3 is 0 Å². The molecule has 0 heteroatoms. The standard InChI is InChI=1S/C33H28/c1-23-13-15-26(16-14-23)27-7-4-8-28(20-27)29-9-5-10-30(21-29)31-11-6-12-32(22-31)33-18-24(2)17-25(3)19-33/h4-22H,1-3H3. The Bertz CT molecular complexity index is 1400. The summed E-state index contributed by atoms with van der Waals surface area (Å²) in [6.45, 7) is 6.45. The van der Waals surface area contributed by atoms with Crippen LogP contribution in [-0.4, -0.2) is 0 Å². The molecular formula is C33H28. The Hall–Kier alpha value is -3.90. The zero-order chi connectivity index (χ0) is 22.8. The molecule has 0 nitrogen and oxygen atoms in total. The van der Waals surface area contributed by atoms with Gasteiger partial charge in [-0.3, -0.25) is 0 Å². The van der Waals surface area contributed by atoms with Crippen molar-refractivity contribution in [2.75, 3.05) is 0 Å². The molecule has 0 fully saturated rings. The van der Waals surface area contributed by atoms with Crippen LogP contribution in [0.25, 0.3) is 44.5 Å². The highest BCUT2D eigenvalue weighted by atomic mass is 14.1. The van der Waals surface area contributed by atoms with Crippen LogP contribution in [-0.2, 0) is 0 Å². The Morgan fingerprint density at radius 3 is 1.06 bits per heavy atom. The third-order valence-corrected chi connectivity index (χ3v) is 6.19. The first-order chi connectivity index (χ1) is 16.0. The highest BCUT2D eigenvalue weighted by Crippen LogP contribution is 2.32. The first-order valence-corrected chi connectivity index (χ1v) is 11.5. The van der Waals surface area contributed by atoms with Gasteiger partial charge in [0.2, 0.25) is 0 Å². The van der Waals surface area contributed by atoms with E-state index in [1.54, 1.807) is 0 Å². The topological polar surface area (TPSA) is 0 Å². The minimum absolute atomic E-state index is 1.23. The van der Waals surface area contributed by atoms with E-state index in [2.05, 4.69) is 136 Å². The zero-order valence-corrected chi connectivity index (χ0v) is 19.5. The van der Waals surface area contributed by atoms with Crippen molar-refractivity contribution in [3.63, 3.8) is 0 Å². The molecule has 0 aliphatic heterocycles. The molecule has 0 spiro atoms. The van der Waals surface area contributed by atoms with Gasteiger partial charge in [0.1, 0.15) is 0 Å². The summed E-state index contributed by atoms with van der Waals surface area (Å²) in [7, 11) is 0. The number of hydrogen-bond acceptors (Lipinski definition) is 0. The van der Waals surface area contributed by atoms with E-state index in [-0.39, 0.29) is 0 Å². The molecular weight excluding hydrogens is 396 g/mol. The molecule has 0 aromatic heterocycles. The summed E-state index contributed by atoms with van der Waals surface area (Å²) < 4.78 is 0. The summed E-state index contributed by atoms with van der Waals surface area (Å²) in [6.07, 6.45) is 0. The van der Waals surface area contributed by atoms with E-state index in [0.29, 0.717) is 0 Å². The lowest BCUT2D eigenvalue weighted by atomic mass is 9.94. The van der Waals surface area contributed by atoms with Gasteiger partial charge in [-0.25, -0.2) is 0 Å². The van der Waals surface area contributed by atoms with E-state index in [1.165, 1.54) is 61.2 Å². The molecule has 0 atom stereocenters. The van der Waals surface area contributed by atoms with Gasteiger partial charge in [-0.05, 0) is 83.5 Å². The third-order valence-electron chi connectivity index (χ3n) is 6.19. The summed E-state index contributed by atoms with van der Waals surface area (Å²) in [5.74, 6) is 0. The molecule has 0 heterocycles. The lowest BCUT2D eigenvalue weighted by molar-refractivity contribution is 1.38. The molecule has 0 aliphatic rings. The molecule has 0 aliphatic carbocycles. The minimum Gasteiger partial charge on any atom is -0.0610 e. The van der Waals surface area contributed by atoms with E-state index < -0.39 is 0 Å². The van der Waals surface area contributed by atoms with Crippen LogP contribution in [0, 0.1) is 20.8 Å². The molecule has 0 saturated carbocycles. The van der Waals surface area contributed by atoms with Gasteiger partial charge in [0.25, 0.3) is 0 Å². The van der Waals surface area contributed by atoms with E-state index in [0.717, 1.165) is 0 Å². The summed E-state index contributed by atoms with van der Waals surface area (Å²) in [5, 5.41) is 0. The van der Waals surface area contributed by atoms with Gasteiger partial charge in [0.15, 0.2) is 0 Å². The van der Waals surface area contributed by atoms with Crippen LogP contribution >= 0.6 is 0 Å². The monoisotopic (exact) mass is 424 g/mol. The van der Waals surface area contributed by atoms with Crippen LogP contribution in [0.5, 0.6) is 0 Å². The second kappa shape index (κ2) is 8.92. The maximum absolute atomic E-state index is 2.30. The van der Waals surface area contributed by atoms with Crippen LogP contribution < -0.4 is 0 Å². The largest absolute Gasteiger partial charge is 0.0610 e. The molecule has 0 radical (unpaired) electrons. The van der Waals surface area contributed by atoms with Crippen LogP contribution in [0.1, 0.15) is 16.7 Å². The quantitative estimate of drug-likeness (QED) is 0.270. The lowest BCUT2D eigenvalue weighted by Crippen LogP contribution is -1.86. The fourth-order valence-corrected chi connectivity index (χ4v) is 4.52. The van der Waals surface area contributed by atoms with Gasteiger partial charge in [0.05, 0.1) is 0 Å². The minimum atomic E-state index is 1.23. The molecule has 160 valence electrons. The fourth-order valence-electron chi connectivity index (χ4n) is 4.52. The Balaban J connectivity index is 1.51. The Labute approximate surface area is 197 Å². The molecule has 0 unspecified atom stereocenters. The zero-order valence-electron chi connectivity index (χ0n) is 19.5. The maximum atomic E-state index is 2.30. The van der Waals surface area contributed by atoms with Crippen LogP contribution in [0.4, 0.5) is 0 Å². The second-order valence-electron chi connectivity index (χ2n) is 8.98. The van der Waals surface area contributed by atoms with Crippen molar-refractivity contribution in [1.82, 2.24) is 0 Å². The van der Waals surface area contributed by atoms with E-state index in [1.807, 2.05) is 0 Å². The number of hydrogen-bond donors (Lipinski definition) is 0. The maximum Gasteiger partial charge on any atom is -0.0178 e. The molecule has 5 aromatic rings. The lowest BCUT2D eigenvalue weighted by Gasteiger charge is -2.11. The van der Waals surface area contributed by atoms with Gasteiger partial charge in [-0.2, -0.15) is 0 Å². The van der Waals surface area contributed by atoms with Crippen molar-refractivity contribution in [3.8, 4) is 44.5 Å². The highest BCUT2D eigenvalue weighted by Gasteiger charge is 2.06. The van der Waals surface area contributed by atoms with Crippen LogP contribution in [0.2, 0.25) is 0 Å². The van der Waals surface area contributed by atoms with Crippen molar-refractivity contribution >= 4 is 0 Å². The summed E-state index contributed by atoms with van der Waals surface area (Å²) in [5.41, 5.74) is 13.8. The Morgan fingerprint density at radius 1 is 0.273 bits per heavy atom. The van der Waals surface area contributed by atoms with Gasteiger partial charge in [0, 0.05) is 0 Å². The Morgan fingerprint density at radius 2 is 0.636 bits per heavy atom. The molecule has 5 rings (SSSR count). The average Bonchev–Trinajstić information content (AvgIpc) is 2.84. The Kier molecular flexibility index (Phi) is 5.67. The molecule has 33 heavy (non-hydrogen) atoms. The third kappa shape index (κ3) is 4.66. The SMILES string of the molecule is Cc1ccc(-c2cccc(-c3cccc(-c4cccc(-c5cc(C)cc(C)c5)c4)c3)c2)cc1. The molecule has 0 bridgehead atoms. The fraction of sp³-hybridized carbons (Fsp3) is 0.0909. The number of benzene rings is 5. The van der Waals surface area contributed by atoms with E-state index in [9.17, 15) is 0 Å². The molecule has 5 aromatic carbocycles.